The normalized spacial score (nSPS) is 12.3. The molecule has 1 aromatic heterocycles. The molecule has 1 N–H and O–H groups in total. The predicted octanol–water partition coefficient (Wildman–Crippen LogP) is 3.85. The minimum absolute atomic E-state index is 0.0420. The highest BCUT2D eigenvalue weighted by molar-refractivity contribution is 5.79. The van der Waals surface area contributed by atoms with Crippen molar-refractivity contribution in [2.45, 2.75) is 6.36 Å². The van der Waals surface area contributed by atoms with Crippen molar-refractivity contribution in [3.8, 4) is 5.75 Å². The number of fused-ring (bicyclic) bond motifs is 1. The average Bonchev–Trinajstić information content (AvgIpc) is 2.51. The Morgan fingerprint density at radius 3 is 2.73 bits per heavy atom. The molecule has 1 atom stereocenters. The maximum Gasteiger partial charge on any atom is 0.267 e. The van der Waals surface area contributed by atoms with Crippen molar-refractivity contribution in [3.63, 3.8) is 0 Å². The van der Waals surface area contributed by atoms with E-state index < -0.39 is 23.6 Å². The van der Waals surface area contributed by atoms with Crippen molar-refractivity contribution in [2.24, 2.45) is 0 Å². The lowest BCUT2D eigenvalue weighted by Gasteiger charge is -2.13. The van der Waals surface area contributed by atoms with E-state index in [1.807, 2.05) is 0 Å². The molecule has 0 aliphatic carbocycles. The van der Waals surface area contributed by atoms with E-state index in [9.17, 15) is 18.0 Å². The largest absolute Gasteiger partial charge is 0.456 e. The molecule has 0 saturated carbocycles. The molecule has 0 bridgehead atoms. The van der Waals surface area contributed by atoms with Crippen LogP contribution in [0.3, 0.4) is 0 Å². The van der Waals surface area contributed by atoms with Gasteiger partial charge in [0.25, 0.3) is 6.36 Å². The van der Waals surface area contributed by atoms with Crippen LogP contribution < -0.4 is 10.2 Å². The van der Waals surface area contributed by atoms with E-state index in [-0.39, 0.29) is 11.2 Å². The van der Waals surface area contributed by atoms with Gasteiger partial charge in [-0.1, -0.05) is 6.07 Å². The van der Waals surface area contributed by atoms with Crippen LogP contribution in [0.25, 0.3) is 10.9 Å². The highest BCUT2D eigenvalue weighted by Crippen LogP contribution is 2.27. The van der Waals surface area contributed by atoms with E-state index in [1.165, 1.54) is 30.5 Å². The van der Waals surface area contributed by atoms with Crippen LogP contribution >= 0.6 is 0 Å². The van der Waals surface area contributed by atoms with E-state index in [0.29, 0.717) is 10.9 Å². The molecule has 3 aromatic rings. The smallest absolute Gasteiger partial charge is 0.267 e. The third kappa shape index (κ3) is 2.55. The molecule has 3 nitrogen and oxygen atoms in total. The lowest BCUT2D eigenvalue weighted by Crippen LogP contribution is -2.06. The standard InChI is InChI=1S/C16H10F3NO2/c17-12-3-1-2-10(15(12)18)16(19)22-9-4-5-13-11(8-9)14(21)6-7-20-13/h1-8,16H,(H,20,21). The van der Waals surface area contributed by atoms with Gasteiger partial charge in [0.15, 0.2) is 17.1 Å². The predicted molar refractivity (Wildman–Crippen MR) is 75.4 cm³/mol. The molecule has 0 fully saturated rings. The molecule has 0 amide bonds. The Hall–Kier alpha value is -2.76. The van der Waals surface area contributed by atoms with Gasteiger partial charge >= 0.3 is 0 Å². The van der Waals surface area contributed by atoms with E-state index in [1.54, 1.807) is 6.07 Å². The lowest BCUT2D eigenvalue weighted by molar-refractivity contribution is 0.0631. The van der Waals surface area contributed by atoms with Crippen LogP contribution in [0.5, 0.6) is 5.75 Å². The van der Waals surface area contributed by atoms with Crippen LogP contribution in [-0.4, -0.2) is 4.98 Å². The summed E-state index contributed by atoms with van der Waals surface area (Å²) in [6, 6.07) is 8.82. The number of ether oxygens (including phenoxy) is 1. The molecule has 0 aliphatic heterocycles. The number of pyridine rings is 1. The molecular weight excluding hydrogens is 295 g/mol. The molecule has 0 aliphatic rings. The highest BCUT2D eigenvalue weighted by atomic mass is 19.2. The van der Waals surface area contributed by atoms with Gasteiger partial charge < -0.3 is 9.72 Å². The Morgan fingerprint density at radius 1 is 1.09 bits per heavy atom. The van der Waals surface area contributed by atoms with Crippen LogP contribution in [0.15, 0.2) is 53.5 Å². The number of rotatable bonds is 3. The summed E-state index contributed by atoms with van der Waals surface area (Å²) < 4.78 is 45.6. The lowest BCUT2D eigenvalue weighted by atomic mass is 10.2. The summed E-state index contributed by atoms with van der Waals surface area (Å²) in [5, 5.41) is 0.312. The molecule has 2 aromatic carbocycles. The van der Waals surface area contributed by atoms with Crippen molar-refractivity contribution in [1.29, 1.82) is 0 Å². The summed E-state index contributed by atoms with van der Waals surface area (Å²) in [6.45, 7) is 0. The summed E-state index contributed by atoms with van der Waals surface area (Å²) in [5.74, 6) is -2.41. The van der Waals surface area contributed by atoms with E-state index in [4.69, 9.17) is 4.74 Å². The van der Waals surface area contributed by atoms with Crippen molar-refractivity contribution < 1.29 is 17.9 Å². The number of benzene rings is 2. The number of nitrogens with one attached hydrogen (secondary N) is 1. The first-order valence-electron chi connectivity index (χ1n) is 6.42. The Balaban J connectivity index is 1.94. The third-order valence-corrected chi connectivity index (χ3v) is 3.20. The minimum atomic E-state index is -2.18. The van der Waals surface area contributed by atoms with Crippen LogP contribution in [0.1, 0.15) is 11.9 Å². The van der Waals surface area contributed by atoms with Crippen LogP contribution in [0.4, 0.5) is 13.2 Å². The maximum absolute atomic E-state index is 14.0. The fraction of sp³-hybridized carbons (Fsp3) is 0.0625. The first-order valence-corrected chi connectivity index (χ1v) is 6.42. The molecule has 112 valence electrons. The zero-order chi connectivity index (χ0) is 15.7. The Kier molecular flexibility index (Phi) is 3.58. The van der Waals surface area contributed by atoms with Crippen molar-refractivity contribution >= 4 is 10.9 Å². The van der Waals surface area contributed by atoms with Gasteiger partial charge in [-0.05, 0) is 30.3 Å². The average molecular weight is 305 g/mol. The summed E-state index contributed by atoms with van der Waals surface area (Å²) in [4.78, 5) is 14.6. The number of H-pyrrole nitrogens is 1. The number of aromatic amines is 1. The fourth-order valence-electron chi connectivity index (χ4n) is 2.10. The number of aromatic nitrogens is 1. The highest BCUT2D eigenvalue weighted by Gasteiger charge is 2.19. The maximum atomic E-state index is 14.0. The van der Waals surface area contributed by atoms with Gasteiger partial charge in [-0.15, -0.1) is 0 Å². The molecule has 1 unspecified atom stereocenters. The zero-order valence-electron chi connectivity index (χ0n) is 11.1. The summed E-state index contributed by atoms with van der Waals surface area (Å²) in [6.07, 6.45) is -0.693. The quantitative estimate of drug-likeness (QED) is 0.798. The summed E-state index contributed by atoms with van der Waals surface area (Å²) in [5.41, 5.74) is -0.235. The second-order valence-electron chi connectivity index (χ2n) is 4.63. The topological polar surface area (TPSA) is 42.1 Å². The van der Waals surface area contributed by atoms with Crippen molar-refractivity contribution in [3.05, 3.63) is 76.1 Å². The fourth-order valence-corrected chi connectivity index (χ4v) is 2.10. The second-order valence-corrected chi connectivity index (χ2v) is 4.63. The SMILES string of the molecule is O=c1cc[nH]c2ccc(OC(F)c3cccc(F)c3F)cc12. The Morgan fingerprint density at radius 2 is 1.91 bits per heavy atom. The Bertz CT molecular complexity index is 892. The molecule has 1 heterocycles. The van der Waals surface area contributed by atoms with E-state index >= 15 is 0 Å². The third-order valence-electron chi connectivity index (χ3n) is 3.20. The number of hydrogen-bond acceptors (Lipinski definition) is 2. The van der Waals surface area contributed by atoms with Crippen LogP contribution in [0.2, 0.25) is 0 Å². The van der Waals surface area contributed by atoms with E-state index in [0.717, 1.165) is 12.1 Å². The summed E-state index contributed by atoms with van der Waals surface area (Å²) >= 11 is 0. The molecule has 0 radical (unpaired) electrons. The molecular formula is C16H10F3NO2. The van der Waals surface area contributed by atoms with Gasteiger partial charge in [0.2, 0.25) is 0 Å². The zero-order valence-corrected chi connectivity index (χ0v) is 11.1. The van der Waals surface area contributed by atoms with Gasteiger partial charge in [-0.2, -0.15) is 4.39 Å². The van der Waals surface area contributed by atoms with Gasteiger partial charge in [0.05, 0.1) is 5.56 Å². The van der Waals surface area contributed by atoms with Crippen LogP contribution in [-0.2, 0) is 0 Å². The van der Waals surface area contributed by atoms with E-state index in [2.05, 4.69) is 4.98 Å². The number of alkyl halides is 1. The monoisotopic (exact) mass is 305 g/mol. The molecule has 3 rings (SSSR count). The number of halogens is 3. The van der Waals surface area contributed by atoms with Crippen LogP contribution in [0, 0.1) is 11.6 Å². The second kappa shape index (κ2) is 5.55. The first-order chi connectivity index (χ1) is 10.6. The van der Waals surface area contributed by atoms with Gasteiger partial charge in [-0.3, -0.25) is 4.79 Å². The Labute approximate surface area is 123 Å². The van der Waals surface area contributed by atoms with Gasteiger partial charge in [0, 0.05) is 23.2 Å². The first kappa shape index (κ1) is 14.2. The molecule has 6 heteroatoms. The molecule has 22 heavy (non-hydrogen) atoms. The van der Waals surface area contributed by atoms with Crippen molar-refractivity contribution in [1.82, 2.24) is 4.98 Å². The summed E-state index contributed by atoms with van der Waals surface area (Å²) in [7, 11) is 0. The van der Waals surface area contributed by atoms with Gasteiger partial charge in [-0.25, -0.2) is 8.78 Å². The minimum Gasteiger partial charge on any atom is -0.456 e. The van der Waals surface area contributed by atoms with Crippen molar-refractivity contribution in [2.75, 3.05) is 0 Å². The number of hydrogen-bond donors (Lipinski definition) is 1. The molecule has 0 spiro atoms. The molecule has 0 saturated heterocycles. The van der Waals surface area contributed by atoms with Gasteiger partial charge in [0.1, 0.15) is 5.75 Å².